The topological polar surface area (TPSA) is 84.5 Å². The summed E-state index contributed by atoms with van der Waals surface area (Å²) < 4.78 is 5.11. The summed E-state index contributed by atoms with van der Waals surface area (Å²) in [7, 11) is 0. The average Bonchev–Trinajstić information content (AvgIpc) is 2.63. The standard InChI is InChI=1S/C21H24N2O4/c1-13-10-14(2)19(15(3)11-13)23-20(25)16(4)27-18(24)12-22-21(26)17-8-6-5-7-9-17/h5-11,16H,12H2,1-4H3,(H,22,26)(H,23,25)/t16-/m1/s1. The molecule has 0 unspecified atom stereocenters. The molecule has 1 atom stereocenters. The second-order valence-corrected chi connectivity index (χ2v) is 6.44. The Morgan fingerprint density at radius 3 is 2.19 bits per heavy atom. The molecule has 2 N–H and O–H groups in total. The summed E-state index contributed by atoms with van der Waals surface area (Å²) in [5.74, 6) is -1.48. The van der Waals surface area contributed by atoms with E-state index < -0.39 is 18.0 Å². The fourth-order valence-electron chi connectivity index (χ4n) is 2.74. The molecule has 0 radical (unpaired) electrons. The number of ether oxygens (including phenoxy) is 1. The molecule has 2 rings (SSSR count). The molecule has 0 aliphatic rings. The monoisotopic (exact) mass is 368 g/mol. The zero-order valence-corrected chi connectivity index (χ0v) is 16.0. The number of hydrogen-bond acceptors (Lipinski definition) is 4. The van der Waals surface area contributed by atoms with Crippen LogP contribution in [-0.2, 0) is 14.3 Å². The van der Waals surface area contributed by atoms with Gasteiger partial charge in [-0.05, 0) is 51.0 Å². The van der Waals surface area contributed by atoms with Crippen LogP contribution in [0.5, 0.6) is 0 Å². The Morgan fingerprint density at radius 2 is 1.59 bits per heavy atom. The molecular formula is C21H24N2O4. The summed E-state index contributed by atoms with van der Waals surface area (Å²) in [6.45, 7) is 6.98. The largest absolute Gasteiger partial charge is 0.451 e. The first-order valence-corrected chi connectivity index (χ1v) is 8.69. The number of esters is 1. The maximum atomic E-state index is 12.3. The third-order valence-electron chi connectivity index (χ3n) is 4.03. The number of anilines is 1. The first kappa shape index (κ1) is 20.2. The highest BCUT2D eigenvalue weighted by Crippen LogP contribution is 2.22. The van der Waals surface area contributed by atoms with Gasteiger partial charge in [-0.1, -0.05) is 35.9 Å². The zero-order valence-electron chi connectivity index (χ0n) is 16.0. The van der Waals surface area contributed by atoms with Gasteiger partial charge < -0.3 is 15.4 Å². The van der Waals surface area contributed by atoms with Crippen LogP contribution in [0.1, 0.15) is 34.0 Å². The van der Waals surface area contributed by atoms with Crippen molar-refractivity contribution in [3.63, 3.8) is 0 Å². The lowest BCUT2D eigenvalue weighted by Gasteiger charge is -2.17. The maximum Gasteiger partial charge on any atom is 0.326 e. The second-order valence-electron chi connectivity index (χ2n) is 6.44. The molecule has 0 heterocycles. The molecular weight excluding hydrogens is 344 g/mol. The van der Waals surface area contributed by atoms with Gasteiger partial charge in [-0.25, -0.2) is 0 Å². The van der Waals surface area contributed by atoms with Crippen molar-refractivity contribution in [2.45, 2.75) is 33.8 Å². The van der Waals surface area contributed by atoms with Crippen molar-refractivity contribution in [1.29, 1.82) is 0 Å². The van der Waals surface area contributed by atoms with Gasteiger partial charge in [0.2, 0.25) is 0 Å². The van der Waals surface area contributed by atoms with E-state index >= 15 is 0 Å². The zero-order chi connectivity index (χ0) is 20.0. The van der Waals surface area contributed by atoms with Crippen molar-refractivity contribution in [2.24, 2.45) is 0 Å². The van der Waals surface area contributed by atoms with Crippen molar-refractivity contribution in [1.82, 2.24) is 5.32 Å². The summed E-state index contributed by atoms with van der Waals surface area (Å²) in [5, 5.41) is 5.27. The Labute approximate surface area is 158 Å². The molecule has 0 aliphatic heterocycles. The average molecular weight is 368 g/mol. The van der Waals surface area contributed by atoms with Crippen LogP contribution < -0.4 is 10.6 Å². The quantitative estimate of drug-likeness (QED) is 0.768. The van der Waals surface area contributed by atoms with Gasteiger partial charge in [0.15, 0.2) is 6.10 Å². The van der Waals surface area contributed by atoms with E-state index in [2.05, 4.69) is 10.6 Å². The van der Waals surface area contributed by atoms with Crippen molar-refractivity contribution in [2.75, 3.05) is 11.9 Å². The molecule has 0 aliphatic carbocycles. The van der Waals surface area contributed by atoms with Crippen LogP contribution >= 0.6 is 0 Å². The van der Waals surface area contributed by atoms with E-state index in [9.17, 15) is 14.4 Å². The van der Waals surface area contributed by atoms with Gasteiger partial charge in [0.25, 0.3) is 11.8 Å². The molecule has 142 valence electrons. The third kappa shape index (κ3) is 5.67. The molecule has 0 saturated heterocycles. The minimum atomic E-state index is -0.980. The molecule has 2 aromatic carbocycles. The molecule has 6 heteroatoms. The number of carbonyl (C=O) groups excluding carboxylic acids is 3. The molecule has 0 fully saturated rings. The van der Waals surface area contributed by atoms with Gasteiger partial charge in [0.1, 0.15) is 6.54 Å². The first-order valence-electron chi connectivity index (χ1n) is 8.69. The fourth-order valence-corrected chi connectivity index (χ4v) is 2.74. The Hall–Kier alpha value is -3.15. The van der Waals surface area contributed by atoms with Crippen LogP contribution in [0.4, 0.5) is 5.69 Å². The van der Waals surface area contributed by atoms with E-state index in [4.69, 9.17) is 4.74 Å². The van der Waals surface area contributed by atoms with Crippen molar-refractivity contribution in [3.8, 4) is 0 Å². The van der Waals surface area contributed by atoms with Gasteiger partial charge in [-0.3, -0.25) is 14.4 Å². The summed E-state index contributed by atoms with van der Waals surface area (Å²) in [6.07, 6.45) is -0.980. The predicted molar refractivity (Wildman–Crippen MR) is 104 cm³/mol. The lowest BCUT2D eigenvalue weighted by Crippen LogP contribution is -2.36. The highest BCUT2D eigenvalue weighted by molar-refractivity contribution is 5.98. The van der Waals surface area contributed by atoms with E-state index in [-0.39, 0.29) is 12.5 Å². The Morgan fingerprint density at radius 1 is 1.00 bits per heavy atom. The van der Waals surface area contributed by atoms with Crippen LogP contribution in [0.3, 0.4) is 0 Å². The summed E-state index contributed by atoms with van der Waals surface area (Å²) in [5.41, 5.74) is 4.15. The van der Waals surface area contributed by atoms with Gasteiger partial charge in [0.05, 0.1) is 0 Å². The first-order chi connectivity index (χ1) is 12.8. The van der Waals surface area contributed by atoms with Crippen molar-refractivity contribution < 1.29 is 19.1 Å². The van der Waals surface area contributed by atoms with Crippen LogP contribution in [0.2, 0.25) is 0 Å². The van der Waals surface area contributed by atoms with Crippen LogP contribution in [0, 0.1) is 20.8 Å². The molecule has 6 nitrogen and oxygen atoms in total. The Balaban J connectivity index is 1.87. The number of aryl methyl sites for hydroxylation is 3. The summed E-state index contributed by atoms with van der Waals surface area (Å²) >= 11 is 0. The number of carbonyl (C=O) groups is 3. The number of hydrogen-bond donors (Lipinski definition) is 2. The molecule has 0 aromatic heterocycles. The molecule has 0 bridgehead atoms. The predicted octanol–water partition coefficient (Wildman–Crippen LogP) is 2.91. The number of amides is 2. The number of benzene rings is 2. The highest BCUT2D eigenvalue weighted by atomic mass is 16.5. The number of rotatable bonds is 6. The Bertz CT molecular complexity index is 824. The van der Waals surface area contributed by atoms with Crippen LogP contribution in [0.25, 0.3) is 0 Å². The SMILES string of the molecule is Cc1cc(C)c(NC(=O)[C@@H](C)OC(=O)CNC(=O)c2ccccc2)c(C)c1. The molecule has 2 amide bonds. The van der Waals surface area contributed by atoms with Crippen LogP contribution in [-0.4, -0.2) is 30.4 Å². The third-order valence-corrected chi connectivity index (χ3v) is 4.03. The van der Waals surface area contributed by atoms with Gasteiger partial charge in [0, 0.05) is 11.3 Å². The molecule has 0 spiro atoms. The second kappa shape index (κ2) is 8.98. The normalized spacial score (nSPS) is 11.4. The van der Waals surface area contributed by atoms with Crippen molar-refractivity contribution >= 4 is 23.5 Å². The van der Waals surface area contributed by atoms with Crippen molar-refractivity contribution in [3.05, 3.63) is 64.7 Å². The van der Waals surface area contributed by atoms with E-state index in [1.165, 1.54) is 6.92 Å². The Kier molecular flexibility index (Phi) is 6.71. The molecule has 27 heavy (non-hydrogen) atoms. The highest BCUT2D eigenvalue weighted by Gasteiger charge is 2.20. The van der Waals surface area contributed by atoms with Crippen LogP contribution in [0.15, 0.2) is 42.5 Å². The van der Waals surface area contributed by atoms with Gasteiger partial charge >= 0.3 is 5.97 Å². The fraction of sp³-hybridized carbons (Fsp3) is 0.286. The summed E-state index contributed by atoms with van der Waals surface area (Å²) in [4.78, 5) is 36.1. The van der Waals surface area contributed by atoms with E-state index in [0.717, 1.165) is 16.7 Å². The van der Waals surface area contributed by atoms with Gasteiger partial charge in [-0.15, -0.1) is 0 Å². The lowest BCUT2D eigenvalue weighted by atomic mass is 10.0. The lowest BCUT2D eigenvalue weighted by molar-refractivity contribution is -0.152. The van der Waals surface area contributed by atoms with E-state index in [0.29, 0.717) is 11.3 Å². The van der Waals surface area contributed by atoms with Gasteiger partial charge in [-0.2, -0.15) is 0 Å². The molecule has 0 saturated carbocycles. The maximum absolute atomic E-state index is 12.3. The smallest absolute Gasteiger partial charge is 0.326 e. The minimum absolute atomic E-state index is 0.312. The summed E-state index contributed by atoms with van der Waals surface area (Å²) in [6, 6.07) is 12.5. The van der Waals surface area contributed by atoms with E-state index in [1.54, 1.807) is 30.3 Å². The van der Waals surface area contributed by atoms with E-state index in [1.807, 2.05) is 32.9 Å². The minimum Gasteiger partial charge on any atom is -0.451 e. The molecule has 2 aromatic rings. The number of nitrogens with one attached hydrogen (secondary N) is 2.